The van der Waals surface area contributed by atoms with Crippen LogP contribution in [0.2, 0.25) is 5.02 Å². The van der Waals surface area contributed by atoms with Crippen LogP contribution in [0.1, 0.15) is 31.0 Å². The van der Waals surface area contributed by atoms with Crippen LogP contribution in [0.3, 0.4) is 0 Å². The fourth-order valence-corrected chi connectivity index (χ4v) is 3.88. The number of carbonyl (C=O) groups excluding carboxylic acids is 1. The molecule has 0 spiro atoms. The van der Waals surface area contributed by atoms with Crippen molar-refractivity contribution in [1.82, 2.24) is 14.5 Å². The molecular formula is C20H23ClN4O2S. The number of aromatic amines is 1. The summed E-state index contributed by atoms with van der Waals surface area (Å²) < 4.78 is 1.66. The molecule has 2 N–H and O–H groups in total. The number of hydrogen-bond acceptors (Lipinski definition) is 4. The summed E-state index contributed by atoms with van der Waals surface area (Å²) in [6.07, 6.45) is 1.83. The largest absolute Gasteiger partial charge is 0.353 e. The lowest BCUT2D eigenvalue weighted by atomic mass is 10.2. The zero-order valence-electron chi connectivity index (χ0n) is 16.1. The van der Waals surface area contributed by atoms with Crippen LogP contribution in [0.5, 0.6) is 0 Å². The number of unbranched alkanes of at least 4 members (excludes halogenated alkanes) is 1. The summed E-state index contributed by atoms with van der Waals surface area (Å²) in [6, 6.07) is 7.22. The molecule has 0 saturated heterocycles. The second-order valence-corrected chi connectivity index (χ2v) is 8.09. The van der Waals surface area contributed by atoms with Gasteiger partial charge in [0.05, 0.1) is 11.3 Å². The van der Waals surface area contributed by atoms with Gasteiger partial charge < -0.3 is 10.3 Å². The molecular weight excluding hydrogens is 396 g/mol. The van der Waals surface area contributed by atoms with Gasteiger partial charge in [0, 0.05) is 22.9 Å². The Bertz CT molecular complexity index is 1070. The summed E-state index contributed by atoms with van der Waals surface area (Å²) in [7, 11) is 0. The van der Waals surface area contributed by atoms with Crippen molar-refractivity contribution in [1.29, 1.82) is 0 Å². The Morgan fingerprint density at radius 3 is 2.86 bits per heavy atom. The van der Waals surface area contributed by atoms with Crippen LogP contribution >= 0.6 is 23.4 Å². The Morgan fingerprint density at radius 2 is 2.11 bits per heavy atom. The first kappa shape index (κ1) is 20.5. The number of benzene rings is 1. The molecule has 2 heterocycles. The Balaban J connectivity index is 1.81. The average molecular weight is 419 g/mol. The number of rotatable bonds is 7. The predicted molar refractivity (Wildman–Crippen MR) is 116 cm³/mol. The number of aromatic nitrogens is 3. The molecule has 0 unspecified atom stereocenters. The van der Waals surface area contributed by atoms with E-state index in [2.05, 4.69) is 22.2 Å². The molecule has 1 amide bonds. The van der Waals surface area contributed by atoms with E-state index in [0.29, 0.717) is 33.4 Å². The van der Waals surface area contributed by atoms with Crippen molar-refractivity contribution in [2.45, 2.75) is 45.3 Å². The molecule has 8 heteroatoms. The number of amides is 1. The predicted octanol–water partition coefficient (Wildman–Crippen LogP) is 4.53. The van der Waals surface area contributed by atoms with Crippen molar-refractivity contribution < 1.29 is 4.79 Å². The Labute approximate surface area is 172 Å². The monoisotopic (exact) mass is 418 g/mol. The summed E-state index contributed by atoms with van der Waals surface area (Å²) in [6.45, 7) is 6.45. The van der Waals surface area contributed by atoms with Gasteiger partial charge in [-0.2, -0.15) is 0 Å². The van der Waals surface area contributed by atoms with Gasteiger partial charge in [-0.15, -0.1) is 0 Å². The van der Waals surface area contributed by atoms with E-state index in [0.717, 1.165) is 24.1 Å². The van der Waals surface area contributed by atoms with Crippen LogP contribution < -0.4 is 10.9 Å². The fraction of sp³-hybridized carbons (Fsp3) is 0.350. The van der Waals surface area contributed by atoms with Crippen molar-refractivity contribution in [3.63, 3.8) is 0 Å². The highest BCUT2D eigenvalue weighted by Gasteiger charge is 2.15. The van der Waals surface area contributed by atoms with Gasteiger partial charge in [-0.1, -0.05) is 42.8 Å². The molecule has 1 aromatic carbocycles. The number of nitrogens with zero attached hydrogens (tertiary/aromatic N) is 2. The van der Waals surface area contributed by atoms with E-state index in [9.17, 15) is 9.59 Å². The first-order valence-corrected chi connectivity index (χ1v) is 10.5. The van der Waals surface area contributed by atoms with Gasteiger partial charge in [0.25, 0.3) is 5.56 Å². The standard InChI is InChI=1S/C20H23ClN4O2S/c1-4-5-8-25-19(27)18-16(9-13(3)22-18)24-20(25)28-11-17(26)23-15-10-14(21)7-6-12(15)2/h6-7,9-10,22H,4-5,8,11H2,1-3H3,(H,23,26). The number of H-pyrrole nitrogens is 1. The van der Waals surface area contributed by atoms with E-state index < -0.39 is 0 Å². The highest BCUT2D eigenvalue weighted by Crippen LogP contribution is 2.22. The first-order chi connectivity index (χ1) is 13.4. The van der Waals surface area contributed by atoms with Gasteiger partial charge >= 0.3 is 0 Å². The summed E-state index contributed by atoms with van der Waals surface area (Å²) in [5.41, 5.74) is 3.55. The Hall–Kier alpha value is -2.25. The number of thioether (sulfide) groups is 1. The topological polar surface area (TPSA) is 79.8 Å². The molecule has 0 fully saturated rings. The molecule has 148 valence electrons. The van der Waals surface area contributed by atoms with Crippen molar-refractivity contribution >= 4 is 46.0 Å². The fourth-order valence-electron chi connectivity index (χ4n) is 2.88. The molecule has 0 bridgehead atoms. The zero-order chi connectivity index (χ0) is 20.3. The zero-order valence-corrected chi connectivity index (χ0v) is 17.7. The molecule has 0 saturated carbocycles. The van der Waals surface area contributed by atoms with Crippen LogP contribution in [-0.4, -0.2) is 26.2 Å². The smallest absolute Gasteiger partial charge is 0.278 e. The van der Waals surface area contributed by atoms with Crippen molar-refractivity contribution in [3.8, 4) is 0 Å². The van der Waals surface area contributed by atoms with E-state index in [1.54, 1.807) is 16.7 Å². The molecule has 0 aliphatic rings. The average Bonchev–Trinajstić information content (AvgIpc) is 3.03. The molecule has 3 rings (SSSR count). The number of hydrogen-bond donors (Lipinski definition) is 2. The normalized spacial score (nSPS) is 11.1. The van der Waals surface area contributed by atoms with E-state index in [-0.39, 0.29) is 17.2 Å². The quantitative estimate of drug-likeness (QED) is 0.436. The number of carbonyl (C=O) groups is 1. The number of nitrogens with one attached hydrogen (secondary N) is 2. The van der Waals surface area contributed by atoms with Crippen LogP contribution in [-0.2, 0) is 11.3 Å². The highest BCUT2D eigenvalue weighted by molar-refractivity contribution is 7.99. The molecule has 0 aliphatic heterocycles. The number of anilines is 1. The molecule has 6 nitrogen and oxygen atoms in total. The number of halogens is 1. The van der Waals surface area contributed by atoms with Gasteiger partial charge in [0.2, 0.25) is 5.91 Å². The third kappa shape index (κ3) is 4.59. The lowest BCUT2D eigenvalue weighted by molar-refractivity contribution is -0.113. The Morgan fingerprint density at radius 1 is 1.32 bits per heavy atom. The van der Waals surface area contributed by atoms with Crippen molar-refractivity contribution in [2.75, 3.05) is 11.1 Å². The van der Waals surface area contributed by atoms with Crippen LogP contribution in [0, 0.1) is 13.8 Å². The first-order valence-electron chi connectivity index (χ1n) is 9.18. The van der Waals surface area contributed by atoms with Crippen molar-refractivity contribution in [3.05, 3.63) is 50.9 Å². The second-order valence-electron chi connectivity index (χ2n) is 6.71. The van der Waals surface area contributed by atoms with Gasteiger partial charge in [-0.25, -0.2) is 4.98 Å². The number of aryl methyl sites for hydroxylation is 2. The summed E-state index contributed by atoms with van der Waals surface area (Å²) in [5.74, 6) is -0.0172. The van der Waals surface area contributed by atoms with Gasteiger partial charge in [0.1, 0.15) is 5.52 Å². The third-order valence-corrected chi connectivity index (χ3v) is 5.59. The maximum atomic E-state index is 12.8. The maximum absolute atomic E-state index is 12.8. The lowest BCUT2D eigenvalue weighted by Crippen LogP contribution is -2.24. The minimum atomic E-state index is -0.169. The minimum absolute atomic E-state index is 0.0971. The maximum Gasteiger partial charge on any atom is 0.278 e. The van der Waals surface area contributed by atoms with E-state index in [4.69, 9.17) is 11.6 Å². The number of fused-ring (bicyclic) bond motifs is 1. The van der Waals surface area contributed by atoms with Gasteiger partial charge in [0.15, 0.2) is 5.16 Å². The van der Waals surface area contributed by atoms with E-state index >= 15 is 0 Å². The van der Waals surface area contributed by atoms with Gasteiger partial charge in [-0.3, -0.25) is 14.2 Å². The lowest BCUT2D eigenvalue weighted by Gasteiger charge is -2.12. The molecule has 0 radical (unpaired) electrons. The van der Waals surface area contributed by atoms with E-state index in [1.165, 1.54) is 11.8 Å². The summed E-state index contributed by atoms with van der Waals surface area (Å²) in [4.78, 5) is 33.0. The van der Waals surface area contributed by atoms with E-state index in [1.807, 2.05) is 26.0 Å². The highest BCUT2D eigenvalue weighted by atomic mass is 35.5. The molecule has 28 heavy (non-hydrogen) atoms. The third-order valence-electron chi connectivity index (χ3n) is 4.38. The SMILES string of the molecule is CCCCn1c(SCC(=O)Nc2cc(Cl)ccc2C)nc2cc(C)[nH]c2c1=O. The van der Waals surface area contributed by atoms with Crippen molar-refractivity contribution in [2.24, 2.45) is 0 Å². The van der Waals surface area contributed by atoms with Gasteiger partial charge in [-0.05, 0) is 44.0 Å². The van der Waals surface area contributed by atoms with Crippen LogP contribution in [0.25, 0.3) is 11.0 Å². The molecule has 2 aromatic heterocycles. The second kappa shape index (κ2) is 8.84. The van der Waals surface area contributed by atoms with Crippen LogP contribution in [0.4, 0.5) is 5.69 Å². The minimum Gasteiger partial charge on any atom is -0.353 e. The Kier molecular flexibility index (Phi) is 6.46. The molecule has 0 aliphatic carbocycles. The molecule has 0 atom stereocenters. The molecule has 3 aromatic rings. The summed E-state index contributed by atoms with van der Waals surface area (Å²) in [5, 5.41) is 4.00. The summed E-state index contributed by atoms with van der Waals surface area (Å²) >= 11 is 7.28. The van der Waals surface area contributed by atoms with Crippen LogP contribution in [0.15, 0.2) is 34.2 Å².